The fraction of sp³-hybridized carbons (Fsp3) is 0.476. The first-order chi connectivity index (χ1) is 14.8. The molecule has 1 saturated carbocycles. The third-order valence-corrected chi connectivity index (χ3v) is 6.43. The van der Waals surface area contributed by atoms with Crippen LogP contribution in [-0.4, -0.2) is 42.3 Å². The Hall–Kier alpha value is -2.93. The van der Waals surface area contributed by atoms with Crippen molar-refractivity contribution in [3.05, 3.63) is 33.8 Å². The van der Waals surface area contributed by atoms with Crippen LogP contribution < -0.4 is 16.1 Å². The van der Waals surface area contributed by atoms with Crippen molar-refractivity contribution in [2.24, 2.45) is 11.0 Å². The number of benzene rings is 1. The maximum absolute atomic E-state index is 12.0. The summed E-state index contributed by atoms with van der Waals surface area (Å²) in [5, 5.41) is 18.6. The number of rotatable bonds is 4. The third kappa shape index (κ3) is 5.05. The molecule has 1 fully saturated rings. The van der Waals surface area contributed by atoms with Crippen LogP contribution in [0.5, 0.6) is 0 Å². The van der Waals surface area contributed by atoms with Gasteiger partial charge in [-0.05, 0) is 63.1 Å². The Morgan fingerprint density at radius 1 is 1.39 bits per heavy atom. The van der Waals surface area contributed by atoms with Gasteiger partial charge in [-0.2, -0.15) is 10.4 Å². The average Bonchev–Trinajstić information content (AvgIpc) is 2.75. The minimum atomic E-state index is -0.871. The monoisotopic (exact) mass is 489 g/mol. The maximum Gasteiger partial charge on any atom is 0.428 e. The number of amides is 3. The van der Waals surface area contributed by atoms with Crippen LogP contribution in [0.15, 0.2) is 27.8 Å². The summed E-state index contributed by atoms with van der Waals surface area (Å²) in [5.74, 6) is -1.01. The van der Waals surface area contributed by atoms with Crippen LogP contribution >= 0.6 is 15.9 Å². The highest BCUT2D eigenvalue weighted by atomic mass is 79.9. The zero-order valence-corrected chi connectivity index (χ0v) is 18.9. The Labute approximate surface area is 188 Å². The van der Waals surface area contributed by atoms with Crippen LogP contribution in [-0.2, 0) is 14.3 Å². The van der Waals surface area contributed by atoms with E-state index >= 15 is 0 Å². The topological polar surface area (TPSA) is 133 Å². The normalized spacial score (nSPS) is 23.6. The quantitative estimate of drug-likeness (QED) is 0.558. The van der Waals surface area contributed by atoms with E-state index in [9.17, 15) is 19.6 Å². The number of hydrogen-bond acceptors (Lipinski definition) is 6. The Morgan fingerprint density at radius 3 is 2.74 bits per heavy atom. The Bertz CT molecular complexity index is 963. The van der Waals surface area contributed by atoms with Crippen molar-refractivity contribution in [2.45, 2.75) is 50.7 Å². The molecule has 1 spiro atoms. The van der Waals surface area contributed by atoms with Gasteiger partial charge in [-0.25, -0.2) is 10.2 Å². The minimum absolute atomic E-state index is 0.158. The zero-order chi connectivity index (χ0) is 22.6. The van der Waals surface area contributed by atoms with E-state index in [2.05, 4.69) is 43.2 Å². The molecule has 1 aromatic rings. The van der Waals surface area contributed by atoms with E-state index in [0.29, 0.717) is 42.0 Å². The lowest BCUT2D eigenvalue weighted by atomic mass is 9.72. The van der Waals surface area contributed by atoms with Crippen molar-refractivity contribution in [3.63, 3.8) is 0 Å². The molecule has 1 aliphatic carbocycles. The van der Waals surface area contributed by atoms with Gasteiger partial charge in [0, 0.05) is 23.1 Å². The fourth-order valence-electron chi connectivity index (χ4n) is 4.21. The first kappa shape index (κ1) is 22.7. The van der Waals surface area contributed by atoms with Crippen LogP contribution in [0.25, 0.3) is 0 Å². The van der Waals surface area contributed by atoms with Gasteiger partial charge >= 0.3 is 17.9 Å². The van der Waals surface area contributed by atoms with Crippen LogP contribution in [0.2, 0.25) is 0 Å². The molecule has 1 aliphatic heterocycles. The Kier molecular flexibility index (Phi) is 6.95. The van der Waals surface area contributed by atoms with E-state index in [1.807, 2.05) is 6.92 Å². The predicted molar refractivity (Wildman–Crippen MR) is 116 cm³/mol. The number of halogens is 1. The lowest BCUT2D eigenvalue weighted by Gasteiger charge is -2.42. The van der Waals surface area contributed by atoms with Crippen LogP contribution in [0.1, 0.15) is 50.2 Å². The molecule has 164 valence electrons. The second-order valence-corrected chi connectivity index (χ2v) is 8.75. The Balaban J connectivity index is 1.73. The molecule has 3 N–H and O–H groups in total. The highest BCUT2D eigenvalue weighted by Crippen LogP contribution is 2.41. The predicted octanol–water partition coefficient (Wildman–Crippen LogP) is 2.33. The van der Waals surface area contributed by atoms with Crippen LogP contribution in [0.3, 0.4) is 0 Å². The number of carbonyl (C=O) groups excluding carboxylic acids is 3. The van der Waals surface area contributed by atoms with Gasteiger partial charge in [0.05, 0.1) is 11.6 Å². The van der Waals surface area contributed by atoms with Crippen molar-refractivity contribution >= 4 is 39.5 Å². The van der Waals surface area contributed by atoms with Gasteiger partial charge in [-0.15, -0.1) is 0 Å². The largest absolute Gasteiger partial charge is 0.435 e. The molecular weight excluding hydrogens is 466 g/mol. The fourth-order valence-corrected chi connectivity index (χ4v) is 4.65. The summed E-state index contributed by atoms with van der Waals surface area (Å²) in [6.45, 7) is 1.87. The van der Waals surface area contributed by atoms with E-state index in [1.165, 1.54) is 7.05 Å². The zero-order valence-electron chi connectivity index (χ0n) is 17.3. The number of carbonyl (C=O) groups is 3. The van der Waals surface area contributed by atoms with Gasteiger partial charge in [0.25, 0.3) is 0 Å². The second-order valence-electron chi connectivity index (χ2n) is 7.90. The van der Waals surface area contributed by atoms with Crippen molar-refractivity contribution < 1.29 is 19.1 Å². The highest BCUT2D eigenvalue weighted by Gasteiger charge is 2.46. The van der Waals surface area contributed by atoms with Gasteiger partial charge in [0.1, 0.15) is 5.71 Å². The van der Waals surface area contributed by atoms with E-state index in [-0.39, 0.29) is 6.04 Å². The highest BCUT2D eigenvalue weighted by molar-refractivity contribution is 9.10. The number of nitrogens with one attached hydrogen (secondary N) is 3. The smallest absolute Gasteiger partial charge is 0.428 e. The molecule has 1 aromatic carbocycles. The van der Waals surface area contributed by atoms with Gasteiger partial charge in [0.15, 0.2) is 5.60 Å². The lowest BCUT2D eigenvalue weighted by molar-refractivity contribution is -0.139. The third-order valence-electron chi connectivity index (χ3n) is 5.74. The van der Waals surface area contributed by atoms with E-state index < -0.39 is 23.5 Å². The number of nitriles is 1. The van der Waals surface area contributed by atoms with Gasteiger partial charge < -0.3 is 15.4 Å². The molecule has 3 rings (SSSR count). The van der Waals surface area contributed by atoms with Gasteiger partial charge in [-0.3, -0.25) is 9.59 Å². The summed E-state index contributed by atoms with van der Waals surface area (Å²) in [6.07, 6.45) is 2.79. The SMILES string of the molecule is CNC(=O)C(=O)NC(C)CC1CCC2(CC1)OC(=O)NN=C2c1cc(C#N)ccc1Br. The number of ether oxygens (including phenoxy) is 1. The molecule has 0 saturated heterocycles. The number of likely N-dealkylation sites (N-methyl/N-ethyl adjacent to an activating group) is 1. The van der Waals surface area contributed by atoms with Crippen LogP contribution in [0.4, 0.5) is 4.79 Å². The van der Waals surface area contributed by atoms with Crippen molar-refractivity contribution in [3.8, 4) is 6.07 Å². The molecule has 0 radical (unpaired) electrons. The summed E-state index contributed by atoms with van der Waals surface area (Å²) >= 11 is 3.51. The summed E-state index contributed by atoms with van der Waals surface area (Å²) in [5.41, 5.74) is 3.31. The summed E-state index contributed by atoms with van der Waals surface area (Å²) < 4.78 is 6.53. The van der Waals surface area contributed by atoms with Gasteiger partial charge in [-0.1, -0.05) is 15.9 Å². The molecule has 3 amide bonds. The standard InChI is InChI=1S/C21H24BrN5O4/c1-12(25-19(29)18(28)24-2)9-13-5-7-21(8-6-13)17(26-27-20(30)31-21)15-10-14(11-23)3-4-16(15)22/h3-4,10,12-13H,5-9H2,1-2H3,(H,24,28)(H,25,29)(H,27,30). The summed E-state index contributed by atoms with van der Waals surface area (Å²) in [7, 11) is 1.41. The van der Waals surface area contributed by atoms with Crippen molar-refractivity contribution in [1.82, 2.24) is 16.1 Å². The summed E-state index contributed by atoms with van der Waals surface area (Å²) in [4.78, 5) is 35.2. The molecule has 31 heavy (non-hydrogen) atoms. The number of hydrazone groups is 1. The first-order valence-electron chi connectivity index (χ1n) is 10.1. The lowest BCUT2D eigenvalue weighted by Crippen LogP contribution is -2.52. The Morgan fingerprint density at radius 2 is 2.10 bits per heavy atom. The van der Waals surface area contributed by atoms with E-state index in [4.69, 9.17) is 4.74 Å². The van der Waals surface area contributed by atoms with Gasteiger partial charge in [0.2, 0.25) is 0 Å². The molecule has 1 heterocycles. The van der Waals surface area contributed by atoms with E-state index in [1.54, 1.807) is 18.2 Å². The maximum atomic E-state index is 12.0. The van der Waals surface area contributed by atoms with Crippen molar-refractivity contribution in [1.29, 1.82) is 5.26 Å². The molecule has 2 aliphatic rings. The van der Waals surface area contributed by atoms with Crippen molar-refractivity contribution in [2.75, 3.05) is 7.05 Å². The molecule has 9 nitrogen and oxygen atoms in total. The molecule has 0 aromatic heterocycles. The summed E-state index contributed by atoms with van der Waals surface area (Å²) in [6, 6.07) is 7.18. The van der Waals surface area contributed by atoms with E-state index in [0.717, 1.165) is 17.3 Å². The van der Waals surface area contributed by atoms with Crippen LogP contribution in [0, 0.1) is 17.2 Å². The number of nitrogens with zero attached hydrogens (tertiary/aromatic N) is 2. The second kappa shape index (κ2) is 9.47. The molecule has 10 heteroatoms. The molecule has 0 bridgehead atoms. The minimum Gasteiger partial charge on any atom is -0.435 e. The number of hydrogen-bond donors (Lipinski definition) is 3. The molecule has 1 atom stereocenters. The molecular formula is C21H24BrN5O4. The molecule has 1 unspecified atom stereocenters. The first-order valence-corrected chi connectivity index (χ1v) is 10.9. The average molecular weight is 490 g/mol.